The normalized spacial score (nSPS) is 16.8. The molecule has 4 rings (SSSR count). The van der Waals surface area contributed by atoms with Gasteiger partial charge in [-0.2, -0.15) is 0 Å². The second-order valence-corrected chi connectivity index (χ2v) is 7.75. The highest BCUT2D eigenvalue weighted by atomic mass is 79.9. The first-order valence-corrected chi connectivity index (χ1v) is 10.1. The van der Waals surface area contributed by atoms with Crippen molar-refractivity contribution < 1.29 is 4.79 Å². The maximum absolute atomic E-state index is 12.6. The monoisotopic (exact) mass is 427 g/mol. The van der Waals surface area contributed by atoms with Crippen LogP contribution in [0.5, 0.6) is 0 Å². The zero-order valence-corrected chi connectivity index (χ0v) is 16.8. The van der Waals surface area contributed by atoms with Gasteiger partial charge in [-0.25, -0.2) is 14.8 Å². The summed E-state index contributed by atoms with van der Waals surface area (Å²) in [5.41, 5.74) is 2.67. The lowest BCUT2D eigenvalue weighted by Crippen LogP contribution is -2.33. The van der Waals surface area contributed by atoms with Gasteiger partial charge in [0.05, 0.1) is 0 Å². The highest BCUT2D eigenvalue weighted by Crippen LogP contribution is 2.29. The molecular weight excluding hydrogens is 406 g/mol. The number of carbonyl (C=O) groups is 1. The Morgan fingerprint density at radius 2 is 2.11 bits per heavy atom. The molecule has 3 aromatic rings. The molecule has 0 spiro atoms. The second-order valence-electron chi connectivity index (χ2n) is 6.84. The Kier molecular flexibility index (Phi) is 5.11. The number of anilines is 1. The van der Waals surface area contributed by atoms with E-state index in [1.165, 1.54) is 0 Å². The Morgan fingerprint density at radius 1 is 1.30 bits per heavy atom. The number of hydrogen-bond acceptors (Lipinski definition) is 3. The summed E-state index contributed by atoms with van der Waals surface area (Å²) in [6.45, 7) is 4.46. The molecule has 1 aromatic carbocycles. The molecule has 1 N–H and O–H groups in total. The Morgan fingerprint density at radius 3 is 2.89 bits per heavy atom. The van der Waals surface area contributed by atoms with Crippen LogP contribution in [0.3, 0.4) is 0 Å². The van der Waals surface area contributed by atoms with Crippen molar-refractivity contribution in [1.82, 2.24) is 19.4 Å². The Labute approximate surface area is 166 Å². The average Bonchev–Trinajstić information content (AvgIpc) is 3.29. The number of nitrogens with one attached hydrogen (secondary N) is 1. The summed E-state index contributed by atoms with van der Waals surface area (Å²) >= 11 is 3.41. The topological polar surface area (TPSA) is 63.1 Å². The number of rotatable bonds is 4. The van der Waals surface area contributed by atoms with E-state index in [4.69, 9.17) is 4.98 Å². The van der Waals surface area contributed by atoms with Gasteiger partial charge in [-0.1, -0.05) is 22.9 Å². The Hall–Kier alpha value is -2.41. The maximum Gasteiger partial charge on any atom is 0.321 e. The van der Waals surface area contributed by atoms with Gasteiger partial charge in [0.25, 0.3) is 0 Å². The van der Waals surface area contributed by atoms with E-state index in [2.05, 4.69) is 37.7 Å². The third-order valence-corrected chi connectivity index (χ3v) is 5.45. The molecule has 1 saturated heterocycles. The number of nitrogens with zero attached hydrogens (tertiary/aromatic N) is 4. The maximum atomic E-state index is 12.6. The van der Waals surface area contributed by atoms with E-state index in [1.54, 1.807) is 0 Å². The number of aryl methyl sites for hydroxylation is 1. The summed E-state index contributed by atoms with van der Waals surface area (Å²) in [7, 11) is 0. The molecule has 1 aliphatic rings. The van der Waals surface area contributed by atoms with Gasteiger partial charge >= 0.3 is 6.03 Å². The molecule has 7 heteroatoms. The number of likely N-dealkylation sites (tertiary alicyclic amines) is 1. The molecule has 2 amide bonds. The summed E-state index contributed by atoms with van der Waals surface area (Å²) < 4.78 is 3.21. The minimum Gasteiger partial charge on any atom is -0.324 e. The summed E-state index contributed by atoms with van der Waals surface area (Å²) in [6, 6.07) is 11.5. The Balaban J connectivity index is 1.51. The third kappa shape index (κ3) is 3.69. The Bertz CT molecular complexity index is 953. The van der Waals surface area contributed by atoms with Crippen molar-refractivity contribution in [1.29, 1.82) is 0 Å². The van der Waals surface area contributed by atoms with E-state index in [0.717, 1.165) is 53.1 Å². The van der Waals surface area contributed by atoms with Crippen LogP contribution < -0.4 is 5.32 Å². The number of fused-ring (bicyclic) bond motifs is 1. The van der Waals surface area contributed by atoms with Crippen LogP contribution in [0.25, 0.3) is 11.2 Å². The van der Waals surface area contributed by atoms with Crippen molar-refractivity contribution in [3.05, 3.63) is 52.9 Å². The fourth-order valence-electron chi connectivity index (χ4n) is 3.62. The van der Waals surface area contributed by atoms with Crippen LogP contribution in [-0.2, 0) is 6.54 Å². The number of hydrogen-bond donors (Lipinski definition) is 1. The largest absolute Gasteiger partial charge is 0.324 e. The van der Waals surface area contributed by atoms with Crippen LogP contribution in [0.15, 0.2) is 47.1 Å². The molecule has 1 fully saturated rings. The summed E-state index contributed by atoms with van der Waals surface area (Å²) in [6.07, 6.45) is 3.75. The number of imidazole rings is 1. The number of halogens is 1. The van der Waals surface area contributed by atoms with Crippen molar-refractivity contribution in [2.75, 3.05) is 18.4 Å². The summed E-state index contributed by atoms with van der Waals surface area (Å²) in [5.74, 6) is 1.28. The average molecular weight is 428 g/mol. The van der Waals surface area contributed by atoms with Crippen molar-refractivity contribution in [3.8, 4) is 0 Å². The fourth-order valence-corrected chi connectivity index (χ4v) is 3.89. The third-order valence-electron chi connectivity index (χ3n) is 4.92. The van der Waals surface area contributed by atoms with Crippen LogP contribution in [0.4, 0.5) is 10.5 Å². The van der Waals surface area contributed by atoms with Gasteiger partial charge < -0.3 is 14.8 Å². The number of aromatic nitrogens is 3. The molecule has 140 valence electrons. The molecule has 0 saturated carbocycles. The van der Waals surface area contributed by atoms with Crippen molar-refractivity contribution >= 4 is 38.8 Å². The van der Waals surface area contributed by atoms with Crippen LogP contribution in [0, 0.1) is 0 Å². The summed E-state index contributed by atoms with van der Waals surface area (Å²) in [4.78, 5) is 23.8. The van der Waals surface area contributed by atoms with Gasteiger partial charge in [-0.15, -0.1) is 0 Å². The van der Waals surface area contributed by atoms with Gasteiger partial charge in [0.15, 0.2) is 5.65 Å². The van der Waals surface area contributed by atoms with Crippen molar-refractivity contribution in [2.24, 2.45) is 0 Å². The number of carbonyl (C=O) groups excluding carboxylic acids is 1. The van der Waals surface area contributed by atoms with Crippen molar-refractivity contribution in [3.63, 3.8) is 0 Å². The van der Waals surface area contributed by atoms with E-state index in [9.17, 15) is 4.79 Å². The van der Waals surface area contributed by atoms with Crippen LogP contribution in [0.2, 0.25) is 0 Å². The molecule has 0 radical (unpaired) electrons. The molecule has 2 aromatic heterocycles. The SMILES string of the molecule is CCCn1c([C@@H]2CCN(C(=O)Nc3ccc(Br)cc3)C2)nc2cccnc21. The standard InChI is InChI=1S/C20H22BrN5O/c1-2-11-26-18(24-17-4-3-10-22-19(17)26)14-9-12-25(13-14)20(27)23-16-7-5-15(21)6-8-16/h3-8,10,14H,2,9,11-13H2,1H3,(H,23,27)/t14-/m1/s1. The molecule has 0 bridgehead atoms. The molecule has 0 aliphatic carbocycles. The van der Waals surface area contributed by atoms with Crippen LogP contribution >= 0.6 is 15.9 Å². The predicted molar refractivity (Wildman–Crippen MR) is 110 cm³/mol. The van der Waals surface area contributed by atoms with Gasteiger partial charge in [0.2, 0.25) is 0 Å². The highest BCUT2D eigenvalue weighted by molar-refractivity contribution is 9.10. The lowest BCUT2D eigenvalue weighted by molar-refractivity contribution is 0.222. The highest BCUT2D eigenvalue weighted by Gasteiger charge is 2.31. The lowest BCUT2D eigenvalue weighted by Gasteiger charge is -2.18. The van der Waals surface area contributed by atoms with Gasteiger partial charge in [0.1, 0.15) is 11.3 Å². The van der Waals surface area contributed by atoms with Gasteiger partial charge in [-0.3, -0.25) is 0 Å². The van der Waals surface area contributed by atoms with Gasteiger partial charge in [-0.05, 0) is 49.2 Å². The summed E-state index contributed by atoms with van der Waals surface area (Å²) in [5, 5.41) is 2.98. The molecule has 3 heterocycles. The molecule has 6 nitrogen and oxygen atoms in total. The van der Waals surface area contributed by atoms with Crippen molar-refractivity contribution in [2.45, 2.75) is 32.2 Å². The van der Waals surface area contributed by atoms with E-state index < -0.39 is 0 Å². The quantitative estimate of drug-likeness (QED) is 0.660. The van der Waals surface area contributed by atoms with Gasteiger partial charge in [0, 0.05) is 41.9 Å². The lowest BCUT2D eigenvalue weighted by atomic mass is 10.1. The zero-order valence-electron chi connectivity index (χ0n) is 15.2. The first-order valence-electron chi connectivity index (χ1n) is 9.28. The smallest absolute Gasteiger partial charge is 0.321 e. The first kappa shape index (κ1) is 18.0. The number of amides is 2. The molecule has 0 unspecified atom stereocenters. The number of benzene rings is 1. The minimum atomic E-state index is -0.0592. The van der Waals surface area contributed by atoms with Crippen LogP contribution in [-0.4, -0.2) is 38.6 Å². The number of urea groups is 1. The molecular formula is C20H22BrN5O. The van der Waals surface area contributed by atoms with E-state index in [1.807, 2.05) is 47.5 Å². The fraction of sp³-hybridized carbons (Fsp3) is 0.350. The first-order chi connectivity index (χ1) is 13.2. The van der Waals surface area contributed by atoms with Crippen LogP contribution in [0.1, 0.15) is 31.5 Å². The molecule has 1 atom stereocenters. The van der Waals surface area contributed by atoms with E-state index in [0.29, 0.717) is 6.54 Å². The van der Waals surface area contributed by atoms with E-state index in [-0.39, 0.29) is 11.9 Å². The number of pyridine rings is 1. The zero-order chi connectivity index (χ0) is 18.8. The molecule has 27 heavy (non-hydrogen) atoms. The minimum absolute atomic E-state index is 0.0592. The second kappa shape index (κ2) is 7.68. The molecule has 1 aliphatic heterocycles. The predicted octanol–water partition coefficient (Wildman–Crippen LogP) is 4.63. The van der Waals surface area contributed by atoms with E-state index >= 15 is 0 Å².